The van der Waals surface area contributed by atoms with Crippen molar-refractivity contribution in [3.05, 3.63) is 53.1 Å². The van der Waals surface area contributed by atoms with Gasteiger partial charge in [0.2, 0.25) is 5.91 Å². The van der Waals surface area contributed by atoms with Gasteiger partial charge in [0.15, 0.2) is 0 Å². The van der Waals surface area contributed by atoms with E-state index < -0.39 is 39.4 Å². The molecule has 0 bridgehead atoms. The van der Waals surface area contributed by atoms with Gasteiger partial charge >= 0.3 is 5.97 Å². The van der Waals surface area contributed by atoms with Gasteiger partial charge in [-0.1, -0.05) is 55.0 Å². The maximum Gasteiger partial charge on any atom is 0.311 e. The zero-order valence-corrected chi connectivity index (χ0v) is 22.9. The summed E-state index contributed by atoms with van der Waals surface area (Å²) in [6, 6.07) is 4.03. The predicted molar refractivity (Wildman–Crippen MR) is 145 cm³/mol. The number of carbonyl (C=O) groups is 3. The molecule has 198 valence electrons. The number of allylic oxidation sites excluding steroid dienone is 1. The predicted octanol–water partition coefficient (Wildman–Crippen LogP) is 3.90. The minimum absolute atomic E-state index is 0.260. The highest BCUT2D eigenvalue weighted by Gasteiger charge is 2.74. The van der Waals surface area contributed by atoms with E-state index in [-0.39, 0.29) is 25.0 Å². The number of benzene rings is 1. The molecule has 1 aromatic rings. The lowest BCUT2D eigenvalue weighted by Crippen LogP contribution is -2.57. The summed E-state index contributed by atoms with van der Waals surface area (Å²) >= 11 is 8.10. The van der Waals surface area contributed by atoms with Gasteiger partial charge in [-0.3, -0.25) is 14.4 Å². The lowest BCUT2D eigenvalue weighted by Gasteiger charge is -2.39. The van der Waals surface area contributed by atoms with Crippen molar-refractivity contribution in [3.8, 4) is 0 Å². The van der Waals surface area contributed by atoms with Crippen molar-refractivity contribution in [2.24, 2.45) is 11.8 Å². The van der Waals surface area contributed by atoms with Gasteiger partial charge in [-0.15, -0.1) is 11.8 Å². The van der Waals surface area contributed by atoms with Gasteiger partial charge in [0.25, 0.3) is 5.91 Å². The number of thioether (sulfide) groups is 1. The van der Waals surface area contributed by atoms with Gasteiger partial charge in [-0.2, -0.15) is 0 Å². The van der Waals surface area contributed by atoms with Crippen molar-refractivity contribution in [1.29, 1.82) is 0 Å². The second-order valence-electron chi connectivity index (χ2n) is 10.5. The number of likely N-dealkylation sites (tertiary alicyclic amines) is 1. The van der Waals surface area contributed by atoms with Crippen LogP contribution in [0.5, 0.6) is 0 Å². The number of hydrogen-bond acceptors (Lipinski definition) is 6. The number of amides is 2. The monoisotopic (exact) mass is 544 g/mol. The molecule has 0 aromatic heterocycles. The summed E-state index contributed by atoms with van der Waals surface area (Å²) in [4.78, 5) is 45.5. The first-order valence-corrected chi connectivity index (χ1v) is 14.1. The van der Waals surface area contributed by atoms with Gasteiger partial charge < -0.3 is 19.6 Å². The minimum atomic E-state index is -0.997. The molecule has 5 rings (SSSR count). The molecule has 4 aliphatic rings. The lowest BCUT2D eigenvalue weighted by atomic mass is 9.74. The number of aliphatic hydroxyl groups is 1. The maximum absolute atomic E-state index is 14.5. The first-order chi connectivity index (χ1) is 17.7. The summed E-state index contributed by atoms with van der Waals surface area (Å²) in [7, 11) is 0. The highest BCUT2D eigenvalue weighted by atomic mass is 35.5. The molecule has 4 aliphatic heterocycles. The number of carbonyl (C=O) groups excluding carboxylic acids is 3. The number of esters is 1. The molecular formula is C28H33ClN2O5S. The number of hydrogen-bond donors (Lipinski definition) is 1. The Morgan fingerprint density at radius 3 is 2.68 bits per heavy atom. The molecule has 9 heteroatoms. The van der Waals surface area contributed by atoms with E-state index in [4.69, 9.17) is 16.3 Å². The van der Waals surface area contributed by atoms with Crippen LogP contribution < -0.4 is 4.90 Å². The van der Waals surface area contributed by atoms with Crippen molar-refractivity contribution in [1.82, 2.24) is 4.90 Å². The Morgan fingerprint density at radius 1 is 1.19 bits per heavy atom. The first kappa shape index (κ1) is 26.3. The number of aryl methyl sites for hydroxylation is 1. The quantitative estimate of drug-likeness (QED) is 0.457. The van der Waals surface area contributed by atoms with Gasteiger partial charge in [0.1, 0.15) is 6.04 Å². The largest absolute Gasteiger partial charge is 0.465 e. The van der Waals surface area contributed by atoms with E-state index >= 15 is 0 Å². The molecule has 1 N–H and O–H groups in total. The topological polar surface area (TPSA) is 87.2 Å². The maximum atomic E-state index is 14.5. The Kier molecular flexibility index (Phi) is 6.96. The number of anilines is 1. The van der Waals surface area contributed by atoms with Crippen LogP contribution in [0.1, 0.15) is 38.7 Å². The fourth-order valence-corrected chi connectivity index (χ4v) is 9.01. The molecule has 37 heavy (non-hydrogen) atoms. The van der Waals surface area contributed by atoms with Gasteiger partial charge in [0, 0.05) is 11.3 Å². The second-order valence-corrected chi connectivity index (χ2v) is 12.7. The highest BCUT2D eigenvalue weighted by molar-refractivity contribution is 8.02. The SMILES string of the molecule is CC[C@@H](CO)N1C(=O)[C@@H]2[C@@H]3C(=O)OCCC/C=C\[C@]3(C)S[C@@]23C=CCN(c2c(C)cccc2Cl)C(=O)C13. The summed E-state index contributed by atoms with van der Waals surface area (Å²) in [5.41, 5.74) is 1.46. The Balaban J connectivity index is 1.70. The zero-order chi connectivity index (χ0) is 26.5. The van der Waals surface area contributed by atoms with Crippen molar-refractivity contribution < 1.29 is 24.2 Å². The van der Waals surface area contributed by atoms with Crippen LogP contribution in [0.2, 0.25) is 5.02 Å². The first-order valence-electron chi connectivity index (χ1n) is 12.9. The number of para-hydroxylation sites is 1. The van der Waals surface area contributed by atoms with Crippen LogP contribution in [0.3, 0.4) is 0 Å². The number of nitrogens with zero attached hydrogens (tertiary/aromatic N) is 2. The van der Waals surface area contributed by atoms with Gasteiger partial charge in [-0.05, 0) is 44.7 Å². The van der Waals surface area contributed by atoms with Crippen LogP contribution >= 0.6 is 23.4 Å². The molecule has 1 spiro atoms. The molecule has 7 nitrogen and oxygen atoms in total. The summed E-state index contributed by atoms with van der Waals surface area (Å²) in [5, 5.41) is 10.7. The van der Waals surface area contributed by atoms with Gasteiger partial charge in [0.05, 0.1) is 46.5 Å². The van der Waals surface area contributed by atoms with E-state index in [0.29, 0.717) is 23.7 Å². The summed E-state index contributed by atoms with van der Waals surface area (Å²) in [6.45, 7) is 6.06. The van der Waals surface area contributed by atoms with Crippen molar-refractivity contribution >= 4 is 46.8 Å². The lowest BCUT2D eigenvalue weighted by molar-refractivity contribution is -0.154. The van der Waals surface area contributed by atoms with Crippen LogP contribution in [0, 0.1) is 18.8 Å². The van der Waals surface area contributed by atoms with Crippen LogP contribution in [0.15, 0.2) is 42.5 Å². The molecule has 1 unspecified atom stereocenters. The number of aliphatic hydroxyl groups excluding tert-OH is 1. The summed E-state index contributed by atoms with van der Waals surface area (Å²) < 4.78 is 3.93. The average Bonchev–Trinajstić information content (AvgIpc) is 3.21. The Morgan fingerprint density at radius 2 is 1.97 bits per heavy atom. The number of cyclic esters (lactones) is 1. The minimum Gasteiger partial charge on any atom is -0.465 e. The molecule has 2 saturated heterocycles. The van der Waals surface area contributed by atoms with Crippen molar-refractivity contribution in [2.45, 2.75) is 61.6 Å². The Labute approximate surface area is 226 Å². The third-order valence-electron chi connectivity index (χ3n) is 8.22. The number of fused-ring (bicyclic) bond motifs is 2. The second kappa shape index (κ2) is 9.79. The van der Waals surface area contributed by atoms with Crippen LogP contribution in [0.25, 0.3) is 0 Å². The third kappa shape index (κ3) is 3.94. The normalized spacial score (nSPS) is 35.1. The molecule has 0 radical (unpaired) electrons. The van der Waals surface area contributed by atoms with E-state index in [1.165, 1.54) is 11.8 Å². The molecule has 0 saturated carbocycles. The number of halogens is 1. The van der Waals surface area contributed by atoms with Gasteiger partial charge in [-0.25, -0.2) is 0 Å². The molecule has 2 fully saturated rings. The van der Waals surface area contributed by atoms with Crippen molar-refractivity contribution in [3.63, 3.8) is 0 Å². The van der Waals surface area contributed by atoms with Crippen LogP contribution in [0.4, 0.5) is 5.69 Å². The van der Waals surface area contributed by atoms with E-state index in [1.54, 1.807) is 15.9 Å². The van der Waals surface area contributed by atoms with Crippen LogP contribution in [-0.2, 0) is 19.1 Å². The number of ether oxygens (including phenoxy) is 1. The van der Waals surface area contributed by atoms with E-state index in [9.17, 15) is 19.5 Å². The van der Waals surface area contributed by atoms with E-state index in [2.05, 4.69) is 6.08 Å². The Bertz CT molecular complexity index is 1160. The molecule has 4 heterocycles. The molecular weight excluding hydrogens is 512 g/mol. The number of rotatable bonds is 4. The molecule has 0 aliphatic carbocycles. The summed E-state index contributed by atoms with van der Waals surface area (Å²) in [5.74, 6) is -2.50. The van der Waals surface area contributed by atoms with Crippen LogP contribution in [-0.4, -0.2) is 69.1 Å². The fourth-order valence-electron chi connectivity index (χ4n) is 6.55. The highest BCUT2D eigenvalue weighted by Crippen LogP contribution is 2.65. The smallest absolute Gasteiger partial charge is 0.311 e. The molecule has 2 amide bonds. The van der Waals surface area contributed by atoms with Crippen molar-refractivity contribution in [2.75, 3.05) is 24.7 Å². The molecule has 6 atom stereocenters. The molecule has 1 aromatic carbocycles. The third-order valence-corrected chi connectivity index (χ3v) is 10.3. The van der Waals surface area contributed by atoms with E-state index in [0.717, 1.165) is 18.4 Å². The van der Waals surface area contributed by atoms with E-state index in [1.807, 2.05) is 51.1 Å². The summed E-state index contributed by atoms with van der Waals surface area (Å²) in [6.07, 6.45) is 9.93. The fraction of sp³-hybridized carbons (Fsp3) is 0.536. The standard InChI is InChI=1S/C28H33ClN2O5S/c1-4-18(16-32)31-23-25(34)30(22-17(2)10-8-11-19(22)29)14-9-13-28(23)20(24(31)33)21-26(35)36-15-7-5-6-12-27(21,3)37-28/h6,8-13,18,20-21,23,32H,4-5,7,14-16H2,1-3H3/b12-6-/t18-,20-,21+,23?,27-,28-/m0/s1. The Hall–Kier alpha value is -2.29. The zero-order valence-electron chi connectivity index (χ0n) is 21.4. The average molecular weight is 545 g/mol.